The van der Waals surface area contributed by atoms with Gasteiger partial charge in [0, 0.05) is 0 Å². The maximum absolute atomic E-state index is 6.00. The van der Waals surface area contributed by atoms with Crippen LogP contribution in [-0.4, -0.2) is 23.3 Å². The zero-order valence-corrected chi connectivity index (χ0v) is 17.6. The molecule has 5 nitrogen and oxygen atoms in total. The van der Waals surface area contributed by atoms with E-state index in [1.807, 2.05) is 48.5 Å². The Labute approximate surface area is 176 Å². The first-order chi connectivity index (χ1) is 14.6. The molecule has 3 aromatic carbocycles. The van der Waals surface area contributed by atoms with Gasteiger partial charge in [0.2, 0.25) is 0 Å². The minimum Gasteiger partial charge on any atom is -0.497 e. The van der Waals surface area contributed by atoms with Crippen molar-refractivity contribution in [3.05, 3.63) is 83.7 Å². The third-order valence-corrected chi connectivity index (χ3v) is 5.22. The number of benzene rings is 3. The first kappa shape index (κ1) is 19.8. The van der Waals surface area contributed by atoms with Crippen LogP contribution in [0.2, 0.25) is 0 Å². The van der Waals surface area contributed by atoms with E-state index in [9.17, 15) is 0 Å². The molecule has 1 heterocycles. The van der Waals surface area contributed by atoms with Gasteiger partial charge < -0.3 is 18.8 Å². The van der Waals surface area contributed by atoms with Gasteiger partial charge in [0.1, 0.15) is 36.3 Å². The lowest BCUT2D eigenvalue weighted by Crippen LogP contribution is -2.13. The van der Waals surface area contributed by atoms with Crippen molar-refractivity contribution >= 4 is 11.0 Å². The van der Waals surface area contributed by atoms with Crippen molar-refractivity contribution in [3.8, 4) is 17.2 Å². The molecule has 0 atom stereocenters. The molecule has 0 saturated heterocycles. The van der Waals surface area contributed by atoms with Crippen molar-refractivity contribution in [3.63, 3.8) is 0 Å². The van der Waals surface area contributed by atoms with Gasteiger partial charge in [-0.3, -0.25) is 0 Å². The molecule has 0 spiro atoms. The molecule has 0 saturated carbocycles. The number of aromatic nitrogens is 2. The van der Waals surface area contributed by atoms with E-state index in [2.05, 4.69) is 36.6 Å². The van der Waals surface area contributed by atoms with Gasteiger partial charge in [0.15, 0.2) is 0 Å². The van der Waals surface area contributed by atoms with Crippen molar-refractivity contribution in [1.82, 2.24) is 9.55 Å². The highest BCUT2D eigenvalue weighted by Gasteiger charge is 2.11. The summed E-state index contributed by atoms with van der Waals surface area (Å²) in [6.07, 6.45) is 0. The van der Waals surface area contributed by atoms with Crippen LogP contribution in [0.3, 0.4) is 0 Å². The predicted molar refractivity (Wildman–Crippen MR) is 118 cm³/mol. The highest BCUT2D eigenvalue weighted by atomic mass is 16.5. The van der Waals surface area contributed by atoms with Gasteiger partial charge in [-0.25, -0.2) is 4.98 Å². The van der Waals surface area contributed by atoms with Crippen LogP contribution in [-0.2, 0) is 13.2 Å². The number of hydrogen-bond donors (Lipinski definition) is 0. The minimum atomic E-state index is 0.380. The van der Waals surface area contributed by atoms with Crippen LogP contribution in [0.5, 0.6) is 17.2 Å². The number of nitrogens with zero attached hydrogens (tertiary/aromatic N) is 2. The van der Waals surface area contributed by atoms with Gasteiger partial charge >= 0.3 is 0 Å². The van der Waals surface area contributed by atoms with Gasteiger partial charge in [-0.15, -0.1) is 0 Å². The Morgan fingerprint density at radius 1 is 0.800 bits per heavy atom. The Balaban J connectivity index is 1.48. The monoisotopic (exact) mass is 402 g/mol. The molecule has 0 fully saturated rings. The molecule has 0 amide bonds. The molecular formula is C25H26N2O3. The van der Waals surface area contributed by atoms with Gasteiger partial charge in [0.05, 0.1) is 24.7 Å². The smallest absolute Gasteiger partial charge is 0.148 e. The summed E-state index contributed by atoms with van der Waals surface area (Å²) in [5.41, 5.74) is 4.53. The Morgan fingerprint density at radius 2 is 1.53 bits per heavy atom. The number of methoxy groups -OCH3 is 1. The normalized spacial score (nSPS) is 10.9. The Bertz CT molecular complexity index is 1130. The fourth-order valence-electron chi connectivity index (χ4n) is 3.36. The molecule has 0 bridgehead atoms. The quantitative estimate of drug-likeness (QED) is 0.400. The lowest BCUT2D eigenvalue weighted by Gasteiger charge is -2.12. The second-order valence-corrected chi connectivity index (χ2v) is 7.23. The lowest BCUT2D eigenvalue weighted by molar-refractivity contribution is 0.272. The largest absolute Gasteiger partial charge is 0.497 e. The molecule has 0 aliphatic carbocycles. The van der Waals surface area contributed by atoms with E-state index >= 15 is 0 Å². The molecule has 0 aliphatic rings. The van der Waals surface area contributed by atoms with Gasteiger partial charge in [-0.2, -0.15) is 0 Å². The number of para-hydroxylation sites is 2. The first-order valence-corrected chi connectivity index (χ1v) is 10.0. The molecule has 0 N–H and O–H groups in total. The van der Waals surface area contributed by atoms with E-state index < -0.39 is 0 Å². The molecular weight excluding hydrogens is 376 g/mol. The van der Waals surface area contributed by atoms with E-state index in [4.69, 9.17) is 19.2 Å². The van der Waals surface area contributed by atoms with Crippen molar-refractivity contribution < 1.29 is 14.2 Å². The van der Waals surface area contributed by atoms with Gasteiger partial charge in [0.25, 0.3) is 0 Å². The Morgan fingerprint density at radius 3 is 2.30 bits per heavy atom. The van der Waals surface area contributed by atoms with Crippen molar-refractivity contribution in [2.75, 3.05) is 13.7 Å². The summed E-state index contributed by atoms with van der Waals surface area (Å²) in [5, 5.41) is 0. The minimum absolute atomic E-state index is 0.380. The predicted octanol–water partition coefficient (Wildman–Crippen LogP) is 5.32. The zero-order valence-electron chi connectivity index (χ0n) is 17.6. The SMILES string of the molecule is COc1ccc(OCc2nc3ccccc3n2CCOc2ccc(C)c(C)c2)cc1. The summed E-state index contributed by atoms with van der Waals surface area (Å²) < 4.78 is 19.3. The molecule has 1 aromatic heterocycles. The summed E-state index contributed by atoms with van der Waals surface area (Å²) in [6.45, 7) is 5.82. The third-order valence-electron chi connectivity index (χ3n) is 5.22. The number of hydrogen-bond acceptors (Lipinski definition) is 4. The maximum atomic E-state index is 6.00. The van der Waals surface area contributed by atoms with Gasteiger partial charge in [-0.1, -0.05) is 18.2 Å². The van der Waals surface area contributed by atoms with E-state index in [1.165, 1.54) is 11.1 Å². The second-order valence-electron chi connectivity index (χ2n) is 7.23. The van der Waals surface area contributed by atoms with E-state index in [0.29, 0.717) is 19.8 Å². The van der Waals surface area contributed by atoms with E-state index in [1.54, 1.807) is 7.11 Å². The summed E-state index contributed by atoms with van der Waals surface area (Å²) in [7, 11) is 1.65. The van der Waals surface area contributed by atoms with Crippen LogP contribution in [0, 0.1) is 13.8 Å². The van der Waals surface area contributed by atoms with E-state index in [-0.39, 0.29) is 0 Å². The highest BCUT2D eigenvalue weighted by Crippen LogP contribution is 2.21. The first-order valence-electron chi connectivity index (χ1n) is 10.0. The fraction of sp³-hybridized carbons (Fsp3) is 0.240. The number of aryl methyl sites for hydroxylation is 2. The summed E-state index contributed by atoms with van der Waals surface area (Å²) >= 11 is 0. The average molecular weight is 402 g/mol. The molecule has 0 aliphatic heterocycles. The standard InChI is InChI=1S/C25H26N2O3/c1-18-8-9-22(16-19(18)2)29-15-14-27-24-7-5-4-6-23(24)26-25(27)17-30-21-12-10-20(28-3)11-13-21/h4-13,16H,14-15,17H2,1-3H3. The van der Waals surface area contributed by atoms with Crippen molar-refractivity contribution in [1.29, 1.82) is 0 Å². The number of rotatable bonds is 8. The van der Waals surface area contributed by atoms with Crippen LogP contribution in [0.15, 0.2) is 66.7 Å². The number of fused-ring (bicyclic) bond motifs is 1. The molecule has 5 heteroatoms. The fourth-order valence-corrected chi connectivity index (χ4v) is 3.36. The van der Waals surface area contributed by atoms with Crippen LogP contribution in [0.4, 0.5) is 0 Å². The van der Waals surface area contributed by atoms with Crippen LogP contribution < -0.4 is 14.2 Å². The molecule has 30 heavy (non-hydrogen) atoms. The molecule has 0 radical (unpaired) electrons. The highest BCUT2D eigenvalue weighted by molar-refractivity contribution is 5.75. The summed E-state index contributed by atoms with van der Waals surface area (Å²) in [5.74, 6) is 3.34. The second kappa shape index (κ2) is 8.91. The molecule has 4 rings (SSSR count). The summed E-state index contributed by atoms with van der Waals surface area (Å²) in [4.78, 5) is 4.77. The third kappa shape index (κ3) is 4.40. The van der Waals surface area contributed by atoms with Crippen LogP contribution in [0.25, 0.3) is 11.0 Å². The molecule has 4 aromatic rings. The number of ether oxygens (including phenoxy) is 3. The average Bonchev–Trinajstić information content (AvgIpc) is 3.13. The van der Waals surface area contributed by atoms with Gasteiger partial charge in [-0.05, 0) is 73.5 Å². The van der Waals surface area contributed by atoms with Crippen LogP contribution >= 0.6 is 0 Å². The zero-order chi connectivity index (χ0) is 20.9. The van der Waals surface area contributed by atoms with Crippen molar-refractivity contribution in [2.24, 2.45) is 0 Å². The number of imidazole rings is 1. The molecule has 154 valence electrons. The Hall–Kier alpha value is -3.47. The summed E-state index contributed by atoms with van der Waals surface area (Å²) in [6, 6.07) is 21.9. The van der Waals surface area contributed by atoms with Crippen molar-refractivity contribution in [2.45, 2.75) is 27.0 Å². The molecule has 0 unspecified atom stereocenters. The van der Waals surface area contributed by atoms with E-state index in [0.717, 1.165) is 34.1 Å². The van der Waals surface area contributed by atoms with Crippen LogP contribution in [0.1, 0.15) is 17.0 Å². The maximum Gasteiger partial charge on any atom is 0.148 e. The Kier molecular flexibility index (Phi) is 5.89. The lowest BCUT2D eigenvalue weighted by atomic mass is 10.1. The topological polar surface area (TPSA) is 45.5 Å².